The third-order valence-corrected chi connectivity index (χ3v) is 4.55. The van der Waals surface area contributed by atoms with Crippen molar-refractivity contribution in [3.05, 3.63) is 60.4 Å². The van der Waals surface area contributed by atoms with E-state index in [2.05, 4.69) is 21.0 Å². The van der Waals surface area contributed by atoms with Crippen molar-refractivity contribution in [2.24, 2.45) is 0 Å². The van der Waals surface area contributed by atoms with E-state index in [4.69, 9.17) is 5.73 Å². The number of rotatable bonds is 2. The van der Waals surface area contributed by atoms with Gasteiger partial charge in [-0.25, -0.2) is 4.98 Å². The first-order valence-corrected chi connectivity index (χ1v) is 8.08. The Kier molecular flexibility index (Phi) is 3.28. The van der Waals surface area contributed by atoms with Crippen LogP contribution in [0.1, 0.15) is 5.69 Å². The lowest BCUT2D eigenvalue weighted by atomic mass is 10.1. The first kappa shape index (κ1) is 13.8. The van der Waals surface area contributed by atoms with E-state index >= 15 is 0 Å². The average molecular weight is 318 g/mol. The molecule has 0 aliphatic heterocycles. The molecule has 0 amide bonds. The van der Waals surface area contributed by atoms with Crippen molar-refractivity contribution >= 4 is 27.4 Å². The highest BCUT2D eigenvalue weighted by molar-refractivity contribution is 7.19. The van der Waals surface area contributed by atoms with Crippen LogP contribution in [0.3, 0.4) is 0 Å². The molecular weight excluding hydrogens is 304 g/mol. The van der Waals surface area contributed by atoms with Gasteiger partial charge in [0.25, 0.3) is 0 Å². The molecular formula is C18H14N4S. The lowest BCUT2D eigenvalue weighted by Crippen LogP contribution is -1.88. The quantitative estimate of drug-likeness (QED) is 0.598. The van der Waals surface area contributed by atoms with Crippen LogP contribution in [0.15, 0.2) is 54.7 Å². The second kappa shape index (κ2) is 5.44. The number of thiazole rings is 1. The minimum atomic E-state index is 0.546. The monoisotopic (exact) mass is 318 g/mol. The fourth-order valence-electron chi connectivity index (χ4n) is 2.60. The molecule has 0 spiro atoms. The molecule has 0 aliphatic carbocycles. The van der Waals surface area contributed by atoms with Crippen molar-refractivity contribution in [3.8, 4) is 21.8 Å². The van der Waals surface area contributed by atoms with Gasteiger partial charge >= 0.3 is 0 Å². The van der Waals surface area contributed by atoms with Crippen LogP contribution in [0.4, 0.5) is 5.13 Å². The number of pyridine rings is 2. The van der Waals surface area contributed by atoms with Crippen molar-refractivity contribution in [3.63, 3.8) is 0 Å². The fraction of sp³-hybridized carbons (Fsp3) is 0.0556. The van der Waals surface area contributed by atoms with Gasteiger partial charge in [0.05, 0.1) is 21.8 Å². The van der Waals surface area contributed by atoms with Crippen LogP contribution in [0.2, 0.25) is 0 Å². The Balaban J connectivity index is 1.91. The smallest absolute Gasteiger partial charge is 0.181 e. The van der Waals surface area contributed by atoms with E-state index in [9.17, 15) is 0 Å². The Morgan fingerprint density at radius 3 is 2.78 bits per heavy atom. The summed E-state index contributed by atoms with van der Waals surface area (Å²) in [5.41, 5.74) is 10.7. The minimum absolute atomic E-state index is 0.546. The molecule has 0 unspecified atom stereocenters. The van der Waals surface area contributed by atoms with Gasteiger partial charge < -0.3 is 5.73 Å². The molecule has 4 nitrogen and oxygen atoms in total. The lowest BCUT2D eigenvalue weighted by Gasteiger charge is -2.04. The van der Waals surface area contributed by atoms with Crippen LogP contribution < -0.4 is 5.73 Å². The predicted octanol–water partition coefficient (Wildman–Crippen LogP) is 4.31. The molecule has 5 heteroatoms. The average Bonchev–Trinajstić information content (AvgIpc) is 2.96. The fourth-order valence-corrected chi connectivity index (χ4v) is 3.42. The molecule has 4 rings (SSSR count). The highest BCUT2D eigenvalue weighted by atomic mass is 32.1. The van der Waals surface area contributed by atoms with Crippen molar-refractivity contribution in [2.45, 2.75) is 6.92 Å². The van der Waals surface area contributed by atoms with Gasteiger partial charge in [0.1, 0.15) is 0 Å². The molecule has 0 atom stereocenters. The summed E-state index contributed by atoms with van der Waals surface area (Å²) in [5.74, 6) is 0. The molecule has 1 aromatic carbocycles. The maximum absolute atomic E-state index is 5.97. The summed E-state index contributed by atoms with van der Waals surface area (Å²) in [6.07, 6.45) is 1.80. The molecule has 3 aromatic heterocycles. The third-order valence-electron chi connectivity index (χ3n) is 3.64. The number of aryl methyl sites for hydroxylation is 1. The normalized spacial score (nSPS) is 11.0. The second-order valence-corrected chi connectivity index (χ2v) is 6.34. The van der Waals surface area contributed by atoms with Gasteiger partial charge in [0.15, 0.2) is 5.13 Å². The molecule has 0 radical (unpaired) electrons. The Labute approximate surface area is 137 Å². The van der Waals surface area contributed by atoms with Crippen molar-refractivity contribution in [2.75, 3.05) is 5.73 Å². The van der Waals surface area contributed by atoms with Gasteiger partial charge in [-0.3, -0.25) is 9.97 Å². The number of nitrogens with two attached hydrogens (primary N) is 1. The summed E-state index contributed by atoms with van der Waals surface area (Å²) in [4.78, 5) is 14.5. The van der Waals surface area contributed by atoms with E-state index in [1.54, 1.807) is 6.20 Å². The zero-order chi connectivity index (χ0) is 15.8. The zero-order valence-corrected chi connectivity index (χ0v) is 13.3. The minimum Gasteiger partial charge on any atom is -0.375 e. The number of fused-ring (bicyclic) bond motifs is 1. The lowest BCUT2D eigenvalue weighted by molar-refractivity contribution is 1.21. The van der Waals surface area contributed by atoms with Crippen LogP contribution in [-0.2, 0) is 0 Å². The van der Waals surface area contributed by atoms with E-state index in [1.807, 2.05) is 49.4 Å². The van der Waals surface area contributed by atoms with E-state index in [0.29, 0.717) is 5.13 Å². The molecule has 23 heavy (non-hydrogen) atoms. The van der Waals surface area contributed by atoms with Crippen molar-refractivity contribution in [1.82, 2.24) is 15.0 Å². The maximum Gasteiger partial charge on any atom is 0.181 e. The first-order valence-electron chi connectivity index (χ1n) is 7.26. The van der Waals surface area contributed by atoms with Gasteiger partial charge in [0, 0.05) is 22.8 Å². The van der Waals surface area contributed by atoms with Gasteiger partial charge in [-0.1, -0.05) is 29.5 Å². The summed E-state index contributed by atoms with van der Waals surface area (Å²) < 4.78 is 0. The summed E-state index contributed by atoms with van der Waals surface area (Å²) in [6.45, 7) is 1.98. The SMILES string of the molecule is Cc1cccc(-c2sc(N)nc2-c2ccc3ncccc3c2)n1. The number of nitrogen functional groups attached to an aromatic ring is 1. The molecule has 3 heterocycles. The van der Waals surface area contributed by atoms with E-state index in [0.717, 1.165) is 38.4 Å². The number of anilines is 1. The van der Waals surface area contributed by atoms with Gasteiger partial charge in [-0.05, 0) is 37.3 Å². The summed E-state index contributed by atoms with van der Waals surface area (Å²) in [7, 11) is 0. The van der Waals surface area contributed by atoms with Gasteiger partial charge in [0.2, 0.25) is 0 Å². The van der Waals surface area contributed by atoms with Crippen LogP contribution in [-0.4, -0.2) is 15.0 Å². The van der Waals surface area contributed by atoms with Crippen molar-refractivity contribution < 1.29 is 0 Å². The number of aromatic nitrogens is 3. The summed E-state index contributed by atoms with van der Waals surface area (Å²) >= 11 is 1.46. The molecule has 0 saturated carbocycles. The molecule has 4 aromatic rings. The molecule has 0 bridgehead atoms. The van der Waals surface area contributed by atoms with Crippen LogP contribution in [0, 0.1) is 6.92 Å². The number of hydrogen-bond acceptors (Lipinski definition) is 5. The number of hydrogen-bond donors (Lipinski definition) is 1. The largest absolute Gasteiger partial charge is 0.375 e. The standard InChI is InChI=1S/C18H14N4S/c1-11-4-2-6-15(21-11)17-16(22-18(19)23-17)13-7-8-14-12(10-13)5-3-9-20-14/h2-10H,1H3,(H2,19,22). The van der Waals surface area contributed by atoms with Crippen LogP contribution >= 0.6 is 11.3 Å². The van der Waals surface area contributed by atoms with Gasteiger partial charge in [-0.15, -0.1) is 0 Å². The molecule has 0 aliphatic rings. The molecule has 112 valence electrons. The number of benzene rings is 1. The maximum atomic E-state index is 5.97. The molecule has 0 saturated heterocycles. The first-order chi connectivity index (χ1) is 11.2. The van der Waals surface area contributed by atoms with Crippen LogP contribution in [0.5, 0.6) is 0 Å². The molecule has 2 N–H and O–H groups in total. The van der Waals surface area contributed by atoms with E-state index in [1.165, 1.54) is 11.3 Å². The van der Waals surface area contributed by atoms with Crippen LogP contribution in [0.25, 0.3) is 32.7 Å². The van der Waals surface area contributed by atoms with E-state index < -0.39 is 0 Å². The Morgan fingerprint density at radius 2 is 1.91 bits per heavy atom. The Morgan fingerprint density at radius 1 is 1.00 bits per heavy atom. The van der Waals surface area contributed by atoms with Crippen molar-refractivity contribution in [1.29, 1.82) is 0 Å². The van der Waals surface area contributed by atoms with Gasteiger partial charge in [-0.2, -0.15) is 0 Å². The molecule has 0 fully saturated rings. The zero-order valence-electron chi connectivity index (χ0n) is 12.5. The Hall–Kier alpha value is -2.79. The number of nitrogens with zero attached hydrogens (tertiary/aromatic N) is 3. The second-order valence-electron chi connectivity index (χ2n) is 5.30. The highest BCUT2D eigenvalue weighted by Gasteiger charge is 2.15. The summed E-state index contributed by atoms with van der Waals surface area (Å²) in [6, 6.07) is 16.1. The third kappa shape index (κ3) is 2.55. The predicted molar refractivity (Wildman–Crippen MR) is 95.2 cm³/mol. The summed E-state index contributed by atoms with van der Waals surface area (Å²) in [5, 5.41) is 1.63. The highest BCUT2D eigenvalue weighted by Crippen LogP contribution is 2.37. The van der Waals surface area contributed by atoms with E-state index in [-0.39, 0.29) is 0 Å². The Bertz CT molecular complexity index is 1010. The topological polar surface area (TPSA) is 64.7 Å².